The van der Waals surface area contributed by atoms with Crippen LogP contribution in [0.2, 0.25) is 0 Å². The smallest absolute Gasteiger partial charge is 0.175 e. The molecule has 0 radical (unpaired) electrons. The van der Waals surface area contributed by atoms with Gasteiger partial charge in [0.05, 0.1) is 18.2 Å². The summed E-state index contributed by atoms with van der Waals surface area (Å²) in [5.41, 5.74) is 2.37. The standard InChI is InChI=1S/C16H24BrNO2/c1-6-20-16-14(17)8-13(9-15(16)19-5)7-12(4)10-18-11(2)3/h7-9,11,18H,6,10H2,1-5H3. The molecular weight excluding hydrogens is 318 g/mol. The van der Waals surface area contributed by atoms with E-state index in [1.54, 1.807) is 7.11 Å². The van der Waals surface area contributed by atoms with Crippen molar-refractivity contribution in [3.05, 3.63) is 27.7 Å². The van der Waals surface area contributed by atoms with Crippen molar-refractivity contribution in [3.63, 3.8) is 0 Å². The van der Waals surface area contributed by atoms with E-state index in [-0.39, 0.29) is 0 Å². The summed E-state index contributed by atoms with van der Waals surface area (Å²) >= 11 is 3.54. The lowest BCUT2D eigenvalue weighted by Gasteiger charge is -2.13. The van der Waals surface area contributed by atoms with Crippen molar-refractivity contribution in [2.45, 2.75) is 33.7 Å². The number of methoxy groups -OCH3 is 1. The molecule has 1 aromatic carbocycles. The Morgan fingerprint density at radius 2 is 2.10 bits per heavy atom. The van der Waals surface area contributed by atoms with Crippen LogP contribution in [0, 0.1) is 0 Å². The van der Waals surface area contributed by atoms with Crippen molar-refractivity contribution in [2.75, 3.05) is 20.3 Å². The molecule has 0 fully saturated rings. The van der Waals surface area contributed by atoms with Gasteiger partial charge < -0.3 is 14.8 Å². The molecule has 0 aliphatic carbocycles. The van der Waals surface area contributed by atoms with E-state index >= 15 is 0 Å². The topological polar surface area (TPSA) is 30.5 Å². The van der Waals surface area contributed by atoms with Crippen LogP contribution in [0.3, 0.4) is 0 Å². The molecule has 0 aliphatic heterocycles. The molecule has 0 aliphatic rings. The van der Waals surface area contributed by atoms with Crippen molar-refractivity contribution < 1.29 is 9.47 Å². The lowest BCUT2D eigenvalue weighted by atomic mass is 10.1. The summed E-state index contributed by atoms with van der Waals surface area (Å²) in [5, 5.41) is 3.40. The van der Waals surface area contributed by atoms with Gasteiger partial charge in [-0.1, -0.05) is 25.5 Å². The van der Waals surface area contributed by atoms with Gasteiger partial charge in [-0.3, -0.25) is 0 Å². The highest BCUT2D eigenvalue weighted by Crippen LogP contribution is 2.37. The van der Waals surface area contributed by atoms with Crippen LogP contribution in [0.5, 0.6) is 11.5 Å². The van der Waals surface area contributed by atoms with E-state index in [2.05, 4.69) is 48.1 Å². The van der Waals surface area contributed by atoms with E-state index in [0.717, 1.165) is 28.1 Å². The highest BCUT2D eigenvalue weighted by atomic mass is 79.9. The molecule has 20 heavy (non-hydrogen) atoms. The second-order valence-electron chi connectivity index (χ2n) is 4.99. The maximum atomic E-state index is 5.59. The third kappa shape index (κ3) is 5.17. The summed E-state index contributed by atoms with van der Waals surface area (Å²) < 4.78 is 11.9. The minimum absolute atomic E-state index is 0.486. The van der Waals surface area contributed by atoms with Crippen molar-refractivity contribution in [3.8, 4) is 11.5 Å². The van der Waals surface area contributed by atoms with Crippen LogP contribution in [0.15, 0.2) is 22.2 Å². The Morgan fingerprint density at radius 3 is 2.65 bits per heavy atom. The van der Waals surface area contributed by atoms with E-state index in [4.69, 9.17) is 9.47 Å². The van der Waals surface area contributed by atoms with Gasteiger partial charge in [-0.05, 0) is 47.5 Å². The van der Waals surface area contributed by atoms with Gasteiger partial charge in [0.25, 0.3) is 0 Å². The zero-order chi connectivity index (χ0) is 15.1. The van der Waals surface area contributed by atoms with Crippen LogP contribution in [0.1, 0.15) is 33.3 Å². The summed E-state index contributed by atoms with van der Waals surface area (Å²) in [5.74, 6) is 1.50. The average Bonchev–Trinajstić information content (AvgIpc) is 2.39. The Balaban J connectivity index is 2.96. The third-order valence-corrected chi connectivity index (χ3v) is 3.33. The van der Waals surface area contributed by atoms with E-state index < -0.39 is 0 Å². The van der Waals surface area contributed by atoms with Gasteiger partial charge >= 0.3 is 0 Å². The van der Waals surface area contributed by atoms with Gasteiger partial charge in [-0.25, -0.2) is 0 Å². The van der Waals surface area contributed by atoms with Crippen molar-refractivity contribution in [1.29, 1.82) is 0 Å². The van der Waals surface area contributed by atoms with Gasteiger partial charge in [0, 0.05) is 12.6 Å². The normalized spacial score (nSPS) is 11.8. The maximum absolute atomic E-state index is 5.59. The predicted molar refractivity (Wildman–Crippen MR) is 88.7 cm³/mol. The van der Waals surface area contributed by atoms with Crippen LogP contribution in [0.25, 0.3) is 6.08 Å². The first-order chi connectivity index (χ1) is 9.47. The number of rotatable bonds is 7. The minimum atomic E-state index is 0.486. The molecule has 3 nitrogen and oxygen atoms in total. The molecular formula is C16H24BrNO2. The molecule has 1 N–H and O–H groups in total. The lowest BCUT2D eigenvalue weighted by molar-refractivity contribution is 0.309. The highest BCUT2D eigenvalue weighted by molar-refractivity contribution is 9.10. The molecule has 1 aromatic rings. The zero-order valence-electron chi connectivity index (χ0n) is 12.9. The summed E-state index contributed by atoms with van der Waals surface area (Å²) in [4.78, 5) is 0. The SMILES string of the molecule is CCOc1c(Br)cc(C=C(C)CNC(C)C)cc1OC. The number of ether oxygens (including phenoxy) is 2. The van der Waals surface area contributed by atoms with E-state index in [0.29, 0.717) is 12.6 Å². The van der Waals surface area contributed by atoms with E-state index in [9.17, 15) is 0 Å². The van der Waals surface area contributed by atoms with Gasteiger partial charge in [0.2, 0.25) is 0 Å². The number of hydrogen-bond donors (Lipinski definition) is 1. The first-order valence-electron chi connectivity index (χ1n) is 6.88. The average molecular weight is 342 g/mol. The Kier molecular flexibility index (Phi) is 7.10. The zero-order valence-corrected chi connectivity index (χ0v) is 14.5. The Labute approximate surface area is 130 Å². The molecule has 1 rings (SSSR count). The van der Waals surface area contributed by atoms with Crippen LogP contribution in [0.4, 0.5) is 0 Å². The second kappa shape index (κ2) is 8.32. The number of hydrogen-bond acceptors (Lipinski definition) is 3. The summed E-state index contributed by atoms with van der Waals surface area (Å²) in [7, 11) is 1.66. The third-order valence-electron chi connectivity index (χ3n) is 2.74. The fourth-order valence-corrected chi connectivity index (χ4v) is 2.38. The van der Waals surface area contributed by atoms with Crippen LogP contribution in [-0.4, -0.2) is 26.3 Å². The summed E-state index contributed by atoms with van der Waals surface area (Å²) in [6, 6.07) is 4.53. The lowest BCUT2D eigenvalue weighted by Crippen LogP contribution is -2.24. The summed E-state index contributed by atoms with van der Waals surface area (Å²) in [6.07, 6.45) is 2.15. The van der Waals surface area contributed by atoms with Crippen molar-refractivity contribution in [2.24, 2.45) is 0 Å². The largest absolute Gasteiger partial charge is 0.493 e. The van der Waals surface area contributed by atoms with E-state index in [1.807, 2.05) is 19.1 Å². The molecule has 0 heterocycles. The first-order valence-corrected chi connectivity index (χ1v) is 7.68. The van der Waals surface area contributed by atoms with Crippen molar-refractivity contribution >= 4 is 22.0 Å². The van der Waals surface area contributed by atoms with Crippen molar-refractivity contribution in [1.82, 2.24) is 5.32 Å². The van der Waals surface area contributed by atoms with Gasteiger partial charge in [0.1, 0.15) is 0 Å². The molecule has 0 atom stereocenters. The second-order valence-corrected chi connectivity index (χ2v) is 5.85. The number of halogens is 1. The minimum Gasteiger partial charge on any atom is -0.493 e. The quantitative estimate of drug-likeness (QED) is 0.803. The molecule has 0 bridgehead atoms. The number of benzene rings is 1. The van der Waals surface area contributed by atoms with Crippen LogP contribution < -0.4 is 14.8 Å². The van der Waals surface area contributed by atoms with Crippen LogP contribution in [-0.2, 0) is 0 Å². The summed E-state index contributed by atoms with van der Waals surface area (Å²) in [6.45, 7) is 9.85. The van der Waals surface area contributed by atoms with Gasteiger partial charge in [-0.2, -0.15) is 0 Å². The molecule has 0 saturated heterocycles. The van der Waals surface area contributed by atoms with Crippen LogP contribution >= 0.6 is 15.9 Å². The Hall–Kier alpha value is -1.00. The molecule has 0 unspecified atom stereocenters. The Morgan fingerprint density at radius 1 is 1.40 bits per heavy atom. The van der Waals surface area contributed by atoms with Gasteiger partial charge in [-0.15, -0.1) is 0 Å². The monoisotopic (exact) mass is 341 g/mol. The Bertz CT molecular complexity index is 470. The molecule has 0 saturated carbocycles. The molecule has 112 valence electrons. The first kappa shape index (κ1) is 17.1. The van der Waals surface area contributed by atoms with E-state index in [1.165, 1.54) is 5.57 Å². The predicted octanol–water partition coefficient (Wildman–Crippen LogP) is 4.26. The molecule has 0 aromatic heterocycles. The molecule has 0 spiro atoms. The molecule has 0 amide bonds. The molecule has 4 heteroatoms. The highest BCUT2D eigenvalue weighted by Gasteiger charge is 2.10. The van der Waals surface area contributed by atoms with Gasteiger partial charge in [0.15, 0.2) is 11.5 Å². The number of nitrogens with one attached hydrogen (secondary N) is 1. The fraction of sp³-hybridized carbons (Fsp3) is 0.500. The maximum Gasteiger partial charge on any atom is 0.175 e. The fourth-order valence-electron chi connectivity index (χ4n) is 1.81.